The average Bonchev–Trinajstić information content (AvgIpc) is 2.72. The summed E-state index contributed by atoms with van der Waals surface area (Å²) in [6, 6.07) is 11.0. The van der Waals surface area contributed by atoms with Gasteiger partial charge in [0.05, 0.1) is 17.1 Å². The van der Waals surface area contributed by atoms with Crippen molar-refractivity contribution in [2.24, 2.45) is 0 Å². The molecule has 29 heavy (non-hydrogen) atoms. The molecular weight excluding hydrogens is 393 g/mol. The van der Waals surface area contributed by atoms with E-state index in [1.165, 1.54) is 34.9 Å². The van der Waals surface area contributed by atoms with Crippen LogP contribution in [0.15, 0.2) is 47.4 Å². The first kappa shape index (κ1) is 20.9. The highest BCUT2D eigenvalue weighted by Crippen LogP contribution is 2.36. The molecule has 1 heterocycles. The van der Waals surface area contributed by atoms with Crippen LogP contribution in [-0.4, -0.2) is 48.0 Å². The first-order valence-electron chi connectivity index (χ1n) is 9.35. The molecule has 0 bridgehead atoms. The zero-order valence-electron chi connectivity index (χ0n) is 16.3. The lowest BCUT2D eigenvalue weighted by molar-refractivity contribution is -0.120. The molecule has 152 valence electrons. The van der Waals surface area contributed by atoms with Crippen LogP contribution < -0.4 is 10.2 Å². The second-order valence-corrected chi connectivity index (χ2v) is 7.47. The molecule has 0 aliphatic carbocycles. The molecule has 8 heteroatoms. The lowest BCUT2D eigenvalue weighted by Gasteiger charge is -2.29. The van der Waals surface area contributed by atoms with Gasteiger partial charge in [-0.3, -0.25) is 14.4 Å². The van der Waals surface area contributed by atoms with Crippen molar-refractivity contribution in [3.8, 4) is 0 Å². The molecule has 0 fully saturated rings. The zero-order valence-corrected chi connectivity index (χ0v) is 17.1. The van der Waals surface area contributed by atoms with Gasteiger partial charge in [-0.2, -0.15) is 0 Å². The highest BCUT2D eigenvalue weighted by atomic mass is 32.2. The van der Waals surface area contributed by atoms with Crippen LogP contribution in [0.1, 0.15) is 24.2 Å². The van der Waals surface area contributed by atoms with Crippen molar-refractivity contribution in [1.82, 2.24) is 4.90 Å². The van der Waals surface area contributed by atoms with Crippen LogP contribution in [0.2, 0.25) is 0 Å². The normalized spacial score (nSPS) is 13.1. The van der Waals surface area contributed by atoms with Gasteiger partial charge in [-0.1, -0.05) is 12.1 Å². The third-order valence-corrected chi connectivity index (χ3v) is 5.70. The monoisotopic (exact) mass is 415 g/mol. The molecule has 1 aliphatic rings. The van der Waals surface area contributed by atoms with Crippen molar-refractivity contribution < 1.29 is 18.8 Å². The molecule has 2 aromatic carbocycles. The number of nitrogens with zero attached hydrogens (tertiary/aromatic N) is 2. The summed E-state index contributed by atoms with van der Waals surface area (Å²) in [5.74, 6) is -1.23. The number of anilines is 2. The van der Waals surface area contributed by atoms with Crippen molar-refractivity contribution in [2.75, 3.05) is 35.6 Å². The smallest absolute Gasteiger partial charge is 0.253 e. The number of nitrogens with one attached hydrogen (secondary N) is 1. The van der Waals surface area contributed by atoms with Gasteiger partial charge in [-0.15, -0.1) is 11.8 Å². The molecule has 2 aromatic rings. The van der Waals surface area contributed by atoms with E-state index in [1.54, 1.807) is 29.2 Å². The number of amides is 3. The fourth-order valence-electron chi connectivity index (χ4n) is 3.10. The second kappa shape index (κ2) is 9.09. The standard InChI is InChI=1S/C21H22FN3O3S/c1-3-24(4-2)21(28)14-9-10-18-17(11-14)25(20(27)13-29-18)12-19(26)23-16-8-6-5-7-15(16)22/h5-11H,3-4,12-13H2,1-2H3,(H,23,26). The van der Waals surface area contributed by atoms with Gasteiger partial charge in [0.2, 0.25) is 11.8 Å². The highest BCUT2D eigenvalue weighted by Gasteiger charge is 2.28. The number of hydrogen-bond acceptors (Lipinski definition) is 4. The Morgan fingerprint density at radius 1 is 1.17 bits per heavy atom. The molecular formula is C21H22FN3O3S. The summed E-state index contributed by atoms with van der Waals surface area (Å²) in [6.45, 7) is 4.70. The van der Waals surface area contributed by atoms with Crippen LogP contribution >= 0.6 is 11.8 Å². The van der Waals surface area contributed by atoms with Crippen molar-refractivity contribution >= 4 is 40.9 Å². The summed E-state index contributed by atoms with van der Waals surface area (Å²) < 4.78 is 13.8. The van der Waals surface area contributed by atoms with Gasteiger partial charge in [0.25, 0.3) is 5.91 Å². The van der Waals surface area contributed by atoms with Crippen molar-refractivity contribution in [3.05, 3.63) is 53.8 Å². The first-order chi connectivity index (χ1) is 13.9. The Morgan fingerprint density at radius 2 is 1.90 bits per heavy atom. The minimum absolute atomic E-state index is 0.0574. The topological polar surface area (TPSA) is 69.7 Å². The summed E-state index contributed by atoms with van der Waals surface area (Å²) in [5, 5.41) is 2.49. The number of benzene rings is 2. The quantitative estimate of drug-likeness (QED) is 0.785. The molecule has 0 atom stereocenters. The van der Waals surface area contributed by atoms with Gasteiger partial charge in [0, 0.05) is 23.5 Å². The van der Waals surface area contributed by atoms with E-state index >= 15 is 0 Å². The Hall–Kier alpha value is -2.87. The van der Waals surface area contributed by atoms with Crippen LogP contribution in [0.25, 0.3) is 0 Å². The Balaban J connectivity index is 1.84. The van der Waals surface area contributed by atoms with E-state index in [0.717, 1.165) is 4.90 Å². The summed E-state index contributed by atoms with van der Waals surface area (Å²) in [4.78, 5) is 41.5. The number of rotatable bonds is 6. The molecule has 0 radical (unpaired) electrons. The Kier molecular flexibility index (Phi) is 6.53. The average molecular weight is 415 g/mol. The van der Waals surface area contributed by atoms with Crippen LogP contribution in [-0.2, 0) is 9.59 Å². The Morgan fingerprint density at radius 3 is 2.59 bits per heavy atom. The third-order valence-electron chi connectivity index (χ3n) is 4.65. The maximum Gasteiger partial charge on any atom is 0.253 e. The summed E-state index contributed by atoms with van der Waals surface area (Å²) in [7, 11) is 0. The molecule has 6 nitrogen and oxygen atoms in total. The van der Waals surface area contributed by atoms with Crippen molar-refractivity contribution in [3.63, 3.8) is 0 Å². The van der Waals surface area contributed by atoms with E-state index in [9.17, 15) is 18.8 Å². The highest BCUT2D eigenvalue weighted by molar-refractivity contribution is 8.00. The van der Waals surface area contributed by atoms with Gasteiger partial charge < -0.3 is 15.1 Å². The maximum absolute atomic E-state index is 13.8. The fraction of sp³-hybridized carbons (Fsp3) is 0.286. The predicted molar refractivity (Wildman–Crippen MR) is 112 cm³/mol. The lowest BCUT2D eigenvalue weighted by Crippen LogP contribution is -2.41. The molecule has 0 saturated heterocycles. The molecule has 0 aromatic heterocycles. The van der Waals surface area contributed by atoms with E-state index < -0.39 is 11.7 Å². The van der Waals surface area contributed by atoms with Crippen molar-refractivity contribution in [1.29, 1.82) is 0 Å². The molecule has 0 saturated carbocycles. The van der Waals surface area contributed by atoms with Crippen LogP contribution in [0.5, 0.6) is 0 Å². The summed E-state index contributed by atoms with van der Waals surface area (Å²) in [6.07, 6.45) is 0. The van der Waals surface area contributed by atoms with E-state index in [2.05, 4.69) is 5.32 Å². The number of carbonyl (C=O) groups is 3. The largest absolute Gasteiger partial charge is 0.339 e. The number of fused-ring (bicyclic) bond motifs is 1. The van der Waals surface area contributed by atoms with Gasteiger partial charge in [0.15, 0.2) is 0 Å². The Labute approximate surface area is 173 Å². The molecule has 0 spiro atoms. The summed E-state index contributed by atoms with van der Waals surface area (Å²) >= 11 is 1.37. The molecule has 3 amide bonds. The van der Waals surface area contributed by atoms with Gasteiger partial charge >= 0.3 is 0 Å². The van der Waals surface area contributed by atoms with E-state index in [4.69, 9.17) is 0 Å². The third kappa shape index (κ3) is 4.59. The second-order valence-electron chi connectivity index (χ2n) is 6.46. The minimum Gasteiger partial charge on any atom is -0.339 e. The Bertz CT molecular complexity index is 947. The fourth-order valence-corrected chi connectivity index (χ4v) is 4.01. The van der Waals surface area contributed by atoms with Crippen LogP contribution in [0.4, 0.5) is 15.8 Å². The molecule has 3 rings (SSSR count). The van der Waals surface area contributed by atoms with E-state index in [0.29, 0.717) is 24.3 Å². The lowest BCUT2D eigenvalue weighted by atomic mass is 10.1. The van der Waals surface area contributed by atoms with Gasteiger partial charge in [0.1, 0.15) is 12.4 Å². The maximum atomic E-state index is 13.8. The van der Waals surface area contributed by atoms with E-state index in [1.807, 2.05) is 13.8 Å². The number of hydrogen-bond donors (Lipinski definition) is 1. The van der Waals surface area contributed by atoms with Crippen LogP contribution in [0.3, 0.4) is 0 Å². The number of halogens is 1. The molecule has 0 unspecified atom stereocenters. The number of para-hydroxylation sites is 1. The first-order valence-corrected chi connectivity index (χ1v) is 10.3. The van der Waals surface area contributed by atoms with E-state index in [-0.39, 0.29) is 29.8 Å². The predicted octanol–water partition coefficient (Wildman–Crippen LogP) is 3.39. The minimum atomic E-state index is -0.547. The van der Waals surface area contributed by atoms with Crippen molar-refractivity contribution in [2.45, 2.75) is 18.7 Å². The molecule has 1 aliphatic heterocycles. The van der Waals surface area contributed by atoms with Gasteiger partial charge in [-0.25, -0.2) is 4.39 Å². The number of carbonyl (C=O) groups excluding carboxylic acids is 3. The van der Waals surface area contributed by atoms with Crippen LogP contribution in [0, 0.1) is 5.82 Å². The summed E-state index contributed by atoms with van der Waals surface area (Å²) in [5.41, 5.74) is 1.04. The SMILES string of the molecule is CCN(CC)C(=O)c1ccc2c(c1)N(CC(=O)Nc1ccccc1F)C(=O)CS2. The molecule has 1 N–H and O–H groups in total. The number of thioether (sulfide) groups is 1. The zero-order chi connectivity index (χ0) is 21.0. The van der Waals surface area contributed by atoms with Gasteiger partial charge in [-0.05, 0) is 44.2 Å².